The summed E-state index contributed by atoms with van der Waals surface area (Å²) in [5.41, 5.74) is 9.72. The highest BCUT2D eigenvalue weighted by Crippen LogP contribution is 2.29. The predicted molar refractivity (Wildman–Crippen MR) is 89.6 cm³/mol. The molecule has 0 saturated heterocycles. The molecule has 1 unspecified atom stereocenters. The van der Waals surface area contributed by atoms with E-state index >= 15 is 0 Å². The largest absolute Gasteiger partial charge is 0.466 e. The van der Waals surface area contributed by atoms with Crippen molar-refractivity contribution in [3.8, 4) is 0 Å². The third-order valence-electron chi connectivity index (χ3n) is 3.47. The zero-order valence-corrected chi connectivity index (χ0v) is 12.8. The summed E-state index contributed by atoms with van der Waals surface area (Å²) in [6, 6.07) is 14.9. The van der Waals surface area contributed by atoms with Gasteiger partial charge in [-0.3, -0.25) is 0 Å². The first-order valence-electron chi connectivity index (χ1n) is 6.97. The molecule has 2 aromatic carbocycles. The summed E-state index contributed by atoms with van der Waals surface area (Å²) >= 11 is 0. The maximum Gasteiger partial charge on any atom is 0.335 e. The van der Waals surface area contributed by atoms with Crippen LogP contribution in [0, 0.1) is 6.92 Å². The van der Waals surface area contributed by atoms with Crippen molar-refractivity contribution in [2.75, 3.05) is 18.2 Å². The molecule has 0 saturated carbocycles. The molecule has 114 valence electrons. The summed E-state index contributed by atoms with van der Waals surface area (Å²) in [6.45, 7) is 5.88. The molecule has 2 aromatic rings. The van der Waals surface area contributed by atoms with Gasteiger partial charge < -0.3 is 15.8 Å². The first-order chi connectivity index (χ1) is 10.5. The number of nitrogen functional groups attached to an aromatic ring is 1. The Labute approximate surface area is 130 Å². The molecule has 0 radical (unpaired) electrons. The molecule has 0 aromatic heterocycles. The Morgan fingerprint density at radius 1 is 1.18 bits per heavy atom. The molecule has 0 amide bonds. The number of anilines is 2. The predicted octanol–water partition coefficient (Wildman–Crippen LogP) is 3.46. The summed E-state index contributed by atoms with van der Waals surface area (Å²) in [4.78, 5) is 11.9. The highest BCUT2D eigenvalue weighted by molar-refractivity contribution is 5.90. The van der Waals surface area contributed by atoms with Gasteiger partial charge in [0.1, 0.15) is 0 Å². The van der Waals surface area contributed by atoms with Gasteiger partial charge in [0.25, 0.3) is 0 Å². The summed E-state index contributed by atoms with van der Waals surface area (Å²) in [7, 11) is 1.34. The highest BCUT2D eigenvalue weighted by Gasteiger charge is 2.22. The van der Waals surface area contributed by atoms with Gasteiger partial charge in [-0.1, -0.05) is 48.5 Å². The smallest absolute Gasteiger partial charge is 0.335 e. The average molecular weight is 296 g/mol. The summed E-state index contributed by atoms with van der Waals surface area (Å²) in [6.07, 6.45) is 0. The lowest BCUT2D eigenvalue weighted by Gasteiger charge is -2.22. The molecule has 2 rings (SSSR count). The van der Waals surface area contributed by atoms with Crippen LogP contribution in [0.4, 0.5) is 11.4 Å². The molecular formula is C18H20N2O2. The number of benzene rings is 2. The average Bonchev–Trinajstić information content (AvgIpc) is 2.54. The second kappa shape index (κ2) is 6.80. The monoisotopic (exact) mass is 296 g/mol. The van der Waals surface area contributed by atoms with Crippen molar-refractivity contribution in [1.82, 2.24) is 0 Å². The van der Waals surface area contributed by atoms with Crippen LogP contribution in [0.5, 0.6) is 0 Å². The molecule has 4 nitrogen and oxygen atoms in total. The lowest BCUT2D eigenvalue weighted by Crippen LogP contribution is -2.20. The van der Waals surface area contributed by atoms with Gasteiger partial charge >= 0.3 is 5.97 Å². The number of carbonyl (C=O) groups excluding carboxylic acids is 1. The van der Waals surface area contributed by atoms with Gasteiger partial charge in [0.2, 0.25) is 0 Å². The lowest BCUT2D eigenvalue weighted by molar-refractivity contribution is -0.136. The van der Waals surface area contributed by atoms with Gasteiger partial charge in [0, 0.05) is 0 Å². The number of hydrogen-bond donors (Lipinski definition) is 2. The number of hydrogen-bond acceptors (Lipinski definition) is 4. The molecular weight excluding hydrogens is 276 g/mol. The van der Waals surface area contributed by atoms with Crippen molar-refractivity contribution >= 4 is 17.3 Å². The molecule has 1 atom stereocenters. The zero-order valence-electron chi connectivity index (χ0n) is 12.8. The molecule has 0 fully saturated rings. The number of carbonyl (C=O) groups is 1. The van der Waals surface area contributed by atoms with Crippen molar-refractivity contribution in [3.63, 3.8) is 0 Å². The van der Waals surface area contributed by atoms with E-state index in [-0.39, 0.29) is 0 Å². The number of methoxy groups -OCH3 is 1. The van der Waals surface area contributed by atoms with E-state index in [1.807, 2.05) is 49.4 Å². The molecule has 0 bridgehead atoms. The third-order valence-corrected chi connectivity index (χ3v) is 3.47. The molecule has 0 spiro atoms. The van der Waals surface area contributed by atoms with Crippen LogP contribution < -0.4 is 11.1 Å². The van der Waals surface area contributed by atoms with Crippen LogP contribution in [-0.4, -0.2) is 13.1 Å². The topological polar surface area (TPSA) is 64.3 Å². The summed E-state index contributed by atoms with van der Waals surface area (Å²) in [5, 5.41) is 3.27. The quantitative estimate of drug-likeness (QED) is 0.504. The Bertz CT molecular complexity index is 678. The SMILES string of the molecule is C=C(C(=O)OC)C(Nc1ccccc1N)c1ccc(C)cc1. The number of rotatable bonds is 5. The number of aryl methyl sites for hydroxylation is 1. The van der Waals surface area contributed by atoms with E-state index in [2.05, 4.69) is 11.9 Å². The third kappa shape index (κ3) is 3.47. The molecule has 0 aliphatic carbocycles. The molecule has 0 aliphatic heterocycles. The van der Waals surface area contributed by atoms with Gasteiger partial charge in [-0.15, -0.1) is 0 Å². The van der Waals surface area contributed by atoms with E-state index < -0.39 is 12.0 Å². The van der Waals surface area contributed by atoms with Crippen LogP contribution in [0.3, 0.4) is 0 Å². The Kier molecular flexibility index (Phi) is 4.84. The maximum atomic E-state index is 11.9. The minimum atomic E-state index is -0.451. The van der Waals surface area contributed by atoms with Crippen LogP contribution in [0.25, 0.3) is 0 Å². The van der Waals surface area contributed by atoms with Crippen LogP contribution in [0.2, 0.25) is 0 Å². The van der Waals surface area contributed by atoms with E-state index in [1.165, 1.54) is 7.11 Å². The summed E-state index contributed by atoms with van der Waals surface area (Å²) < 4.78 is 4.80. The Morgan fingerprint density at radius 2 is 1.82 bits per heavy atom. The van der Waals surface area contributed by atoms with E-state index in [0.29, 0.717) is 11.3 Å². The first kappa shape index (κ1) is 15.6. The van der Waals surface area contributed by atoms with E-state index in [1.54, 1.807) is 6.07 Å². The highest BCUT2D eigenvalue weighted by atomic mass is 16.5. The fraction of sp³-hybridized carbons (Fsp3) is 0.167. The Morgan fingerprint density at radius 3 is 2.41 bits per heavy atom. The second-order valence-electron chi connectivity index (χ2n) is 5.09. The lowest BCUT2D eigenvalue weighted by atomic mass is 9.98. The summed E-state index contributed by atoms with van der Waals surface area (Å²) in [5.74, 6) is -0.451. The molecule has 3 N–H and O–H groups in total. The molecule has 0 aliphatic rings. The number of nitrogens with one attached hydrogen (secondary N) is 1. The van der Waals surface area contributed by atoms with Crippen molar-refractivity contribution < 1.29 is 9.53 Å². The van der Waals surface area contributed by atoms with Crippen LogP contribution in [0.15, 0.2) is 60.7 Å². The van der Waals surface area contributed by atoms with Gasteiger partial charge in [0.05, 0.1) is 30.1 Å². The van der Waals surface area contributed by atoms with E-state index in [9.17, 15) is 4.79 Å². The zero-order chi connectivity index (χ0) is 16.1. The molecule has 0 heterocycles. The first-order valence-corrected chi connectivity index (χ1v) is 6.97. The fourth-order valence-electron chi connectivity index (χ4n) is 2.16. The molecule has 4 heteroatoms. The fourth-order valence-corrected chi connectivity index (χ4v) is 2.16. The number of nitrogens with two attached hydrogens (primary N) is 1. The minimum Gasteiger partial charge on any atom is -0.466 e. The maximum absolute atomic E-state index is 11.9. The second-order valence-corrected chi connectivity index (χ2v) is 5.09. The van der Waals surface area contributed by atoms with Gasteiger partial charge in [-0.25, -0.2) is 4.79 Å². The standard InChI is InChI=1S/C18H20N2O2/c1-12-8-10-14(11-9-12)17(13(2)18(21)22-3)20-16-7-5-4-6-15(16)19/h4-11,17,20H,2,19H2,1,3H3. The van der Waals surface area contributed by atoms with Crippen LogP contribution >= 0.6 is 0 Å². The van der Waals surface area contributed by atoms with Crippen molar-refractivity contribution in [2.24, 2.45) is 0 Å². The Hall–Kier alpha value is -2.75. The van der Waals surface area contributed by atoms with Gasteiger partial charge in [-0.2, -0.15) is 0 Å². The number of para-hydroxylation sites is 2. The number of esters is 1. The number of ether oxygens (including phenoxy) is 1. The van der Waals surface area contributed by atoms with Gasteiger partial charge in [0.15, 0.2) is 0 Å². The van der Waals surface area contributed by atoms with E-state index in [0.717, 1.165) is 16.8 Å². The van der Waals surface area contributed by atoms with Crippen molar-refractivity contribution in [2.45, 2.75) is 13.0 Å². The molecule has 22 heavy (non-hydrogen) atoms. The Balaban J connectivity index is 2.37. The van der Waals surface area contributed by atoms with E-state index in [4.69, 9.17) is 10.5 Å². The van der Waals surface area contributed by atoms with Crippen molar-refractivity contribution in [3.05, 3.63) is 71.8 Å². The minimum absolute atomic E-state index is 0.328. The normalized spacial score (nSPS) is 11.5. The van der Waals surface area contributed by atoms with Gasteiger partial charge in [-0.05, 0) is 24.6 Å². The van der Waals surface area contributed by atoms with Crippen LogP contribution in [-0.2, 0) is 9.53 Å². The van der Waals surface area contributed by atoms with Crippen LogP contribution in [0.1, 0.15) is 17.2 Å². The van der Waals surface area contributed by atoms with Crippen molar-refractivity contribution in [1.29, 1.82) is 0 Å².